The number of carbonyl (C=O) groups excluding carboxylic acids is 1. The number of aromatic nitrogens is 2. The van der Waals surface area contributed by atoms with Gasteiger partial charge in [0.25, 0.3) is 0 Å². The van der Waals surface area contributed by atoms with E-state index in [0.29, 0.717) is 17.7 Å². The molecule has 0 amide bonds. The van der Waals surface area contributed by atoms with E-state index in [1.165, 1.54) is 7.11 Å². The Bertz CT molecular complexity index is 794. The second-order valence-electron chi connectivity index (χ2n) is 4.66. The summed E-state index contributed by atoms with van der Waals surface area (Å²) in [7, 11) is 1.54. The molecule has 1 aromatic carbocycles. The number of fused-ring (bicyclic) bond motifs is 1. The topological polar surface area (TPSA) is 52.1 Å². The molecule has 0 aliphatic rings. The lowest BCUT2D eigenvalue weighted by Gasteiger charge is -2.08. The number of hydrogen-bond donors (Lipinski definition) is 0. The smallest absolute Gasteiger partial charge is 0.171 e. The first-order valence-electron chi connectivity index (χ1n) is 6.63. The first-order chi connectivity index (χ1) is 10.3. The van der Waals surface area contributed by atoms with Crippen molar-refractivity contribution >= 4 is 16.7 Å². The quantitative estimate of drug-likeness (QED) is 0.688. The molecule has 21 heavy (non-hydrogen) atoms. The molecule has 4 heteroatoms. The third kappa shape index (κ3) is 2.60. The molecule has 0 aliphatic carbocycles. The van der Waals surface area contributed by atoms with Gasteiger partial charge in [-0.25, -0.2) is 0 Å². The van der Waals surface area contributed by atoms with Crippen molar-refractivity contribution in [1.82, 2.24) is 9.97 Å². The molecule has 0 bridgehead atoms. The Hall–Kier alpha value is -2.75. The molecule has 0 aliphatic heterocycles. The van der Waals surface area contributed by atoms with E-state index in [4.69, 9.17) is 4.74 Å². The number of rotatable bonds is 4. The van der Waals surface area contributed by atoms with Gasteiger partial charge in [0, 0.05) is 24.2 Å². The van der Waals surface area contributed by atoms with Crippen LogP contribution in [0.15, 0.2) is 55.0 Å². The number of para-hydroxylation sites is 1. The first-order valence-corrected chi connectivity index (χ1v) is 6.63. The number of ketones is 1. The normalized spacial score (nSPS) is 10.5. The van der Waals surface area contributed by atoms with Gasteiger partial charge in [-0.05, 0) is 23.8 Å². The minimum Gasteiger partial charge on any atom is -0.494 e. The standard InChI is InChI=1S/C17H14N2O2/c1-21-17-11-18-8-7-14(17)16(20)10-12-6-9-19-15-5-3-2-4-13(12)15/h2-9,11H,10H2,1H3. The number of benzene rings is 1. The molecule has 2 aromatic heterocycles. The molecule has 0 atom stereocenters. The molecule has 3 rings (SSSR count). The molecule has 4 nitrogen and oxygen atoms in total. The molecule has 104 valence electrons. The Morgan fingerprint density at radius 2 is 2.00 bits per heavy atom. The number of hydrogen-bond acceptors (Lipinski definition) is 4. The predicted octanol–water partition coefficient (Wildman–Crippen LogP) is 3.06. The van der Waals surface area contributed by atoms with Crippen LogP contribution in [-0.4, -0.2) is 22.9 Å². The van der Waals surface area contributed by atoms with Gasteiger partial charge in [-0.1, -0.05) is 18.2 Å². The summed E-state index contributed by atoms with van der Waals surface area (Å²) in [6.45, 7) is 0. The zero-order valence-electron chi connectivity index (χ0n) is 11.6. The third-order valence-electron chi connectivity index (χ3n) is 3.40. The fourth-order valence-corrected chi connectivity index (χ4v) is 2.35. The summed E-state index contributed by atoms with van der Waals surface area (Å²) in [5.41, 5.74) is 2.40. The summed E-state index contributed by atoms with van der Waals surface area (Å²) < 4.78 is 5.20. The maximum atomic E-state index is 12.5. The molecule has 0 unspecified atom stereocenters. The second-order valence-corrected chi connectivity index (χ2v) is 4.66. The molecule has 0 spiro atoms. The van der Waals surface area contributed by atoms with Crippen molar-refractivity contribution in [2.24, 2.45) is 0 Å². The lowest BCUT2D eigenvalue weighted by Crippen LogP contribution is -2.06. The van der Waals surface area contributed by atoms with Gasteiger partial charge in [0.1, 0.15) is 5.75 Å². The fraction of sp³-hybridized carbons (Fsp3) is 0.118. The number of methoxy groups -OCH3 is 1. The summed E-state index contributed by atoms with van der Waals surface area (Å²) in [5, 5.41) is 1.00. The van der Waals surface area contributed by atoms with Gasteiger partial charge in [-0.2, -0.15) is 0 Å². The van der Waals surface area contributed by atoms with E-state index in [1.54, 1.807) is 24.7 Å². The van der Waals surface area contributed by atoms with Gasteiger partial charge in [-0.15, -0.1) is 0 Å². The van der Waals surface area contributed by atoms with Crippen LogP contribution in [-0.2, 0) is 6.42 Å². The highest BCUT2D eigenvalue weighted by molar-refractivity contribution is 6.01. The van der Waals surface area contributed by atoms with Crippen LogP contribution in [0.2, 0.25) is 0 Å². The molecular weight excluding hydrogens is 264 g/mol. The molecule has 0 saturated heterocycles. The highest BCUT2D eigenvalue weighted by Gasteiger charge is 2.14. The monoisotopic (exact) mass is 278 g/mol. The summed E-state index contributed by atoms with van der Waals surface area (Å²) >= 11 is 0. The average Bonchev–Trinajstić information content (AvgIpc) is 2.55. The molecule has 0 saturated carbocycles. The van der Waals surface area contributed by atoms with Crippen LogP contribution in [0.5, 0.6) is 5.75 Å². The molecule has 2 heterocycles. The Morgan fingerprint density at radius 3 is 2.86 bits per heavy atom. The molecule has 0 fully saturated rings. The van der Waals surface area contributed by atoms with E-state index in [9.17, 15) is 4.79 Å². The SMILES string of the molecule is COc1cnccc1C(=O)Cc1ccnc2ccccc12. The van der Waals surface area contributed by atoms with Crippen LogP contribution in [0.3, 0.4) is 0 Å². The second kappa shape index (κ2) is 5.71. The lowest BCUT2D eigenvalue weighted by atomic mass is 10.0. The minimum absolute atomic E-state index is 0.00519. The summed E-state index contributed by atoms with van der Waals surface area (Å²) in [4.78, 5) is 20.8. The molecule has 3 aromatic rings. The van der Waals surface area contributed by atoms with Crippen LogP contribution in [0.25, 0.3) is 10.9 Å². The van der Waals surface area contributed by atoms with Gasteiger partial charge in [-0.3, -0.25) is 14.8 Å². The highest BCUT2D eigenvalue weighted by atomic mass is 16.5. The van der Waals surface area contributed by atoms with E-state index in [2.05, 4.69) is 9.97 Å². The van der Waals surface area contributed by atoms with E-state index in [1.807, 2.05) is 30.3 Å². The molecule has 0 N–H and O–H groups in total. The Kier molecular flexibility index (Phi) is 3.60. The van der Waals surface area contributed by atoms with Crippen LogP contribution in [0, 0.1) is 0 Å². The Labute approximate surface area is 122 Å². The van der Waals surface area contributed by atoms with Crippen molar-refractivity contribution in [2.75, 3.05) is 7.11 Å². The summed E-state index contributed by atoms with van der Waals surface area (Å²) in [6, 6.07) is 11.4. The maximum Gasteiger partial charge on any atom is 0.171 e. The van der Waals surface area contributed by atoms with E-state index >= 15 is 0 Å². The van der Waals surface area contributed by atoms with Gasteiger partial charge < -0.3 is 4.74 Å². The van der Waals surface area contributed by atoms with Crippen LogP contribution < -0.4 is 4.74 Å². The molecule has 0 radical (unpaired) electrons. The van der Waals surface area contributed by atoms with Crippen LogP contribution in [0.4, 0.5) is 0 Å². The highest BCUT2D eigenvalue weighted by Crippen LogP contribution is 2.21. The van der Waals surface area contributed by atoms with E-state index < -0.39 is 0 Å². The van der Waals surface area contributed by atoms with Crippen LogP contribution >= 0.6 is 0 Å². The first kappa shape index (κ1) is 13.2. The summed E-state index contributed by atoms with van der Waals surface area (Å²) in [5.74, 6) is 0.506. The van der Waals surface area contributed by atoms with Crippen LogP contribution in [0.1, 0.15) is 15.9 Å². The number of Topliss-reactive ketones (excluding diaryl/α,β-unsaturated/α-hetero) is 1. The fourth-order valence-electron chi connectivity index (χ4n) is 2.35. The van der Waals surface area contributed by atoms with Gasteiger partial charge in [0.05, 0.1) is 24.4 Å². The third-order valence-corrected chi connectivity index (χ3v) is 3.40. The van der Waals surface area contributed by atoms with Gasteiger partial charge >= 0.3 is 0 Å². The summed E-state index contributed by atoms with van der Waals surface area (Å²) in [6.07, 6.45) is 5.19. The largest absolute Gasteiger partial charge is 0.494 e. The zero-order valence-corrected chi connectivity index (χ0v) is 11.6. The molecular formula is C17H14N2O2. The number of pyridine rings is 2. The van der Waals surface area contributed by atoms with Crippen molar-refractivity contribution in [3.63, 3.8) is 0 Å². The van der Waals surface area contributed by atoms with Crippen molar-refractivity contribution in [3.05, 3.63) is 66.1 Å². The maximum absolute atomic E-state index is 12.5. The van der Waals surface area contributed by atoms with Gasteiger partial charge in [0.15, 0.2) is 5.78 Å². The van der Waals surface area contributed by atoms with Crippen molar-refractivity contribution in [2.45, 2.75) is 6.42 Å². The Morgan fingerprint density at radius 1 is 1.14 bits per heavy atom. The zero-order chi connectivity index (χ0) is 14.7. The van der Waals surface area contributed by atoms with Crippen molar-refractivity contribution < 1.29 is 9.53 Å². The number of nitrogens with zero attached hydrogens (tertiary/aromatic N) is 2. The van der Waals surface area contributed by atoms with Gasteiger partial charge in [0.2, 0.25) is 0 Å². The lowest BCUT2D eigenvalue weighted by molar-refractivity contribution is 0.0990. The average molecular weight is 278 g/mol. The van der Waals surface area contributed by atoms with E-state index in [-0.39, 0.29) is 5.78 Å². The minimum atomic E-state index is 0.00519. The predicted molar refractivity (Wildman–Crippen MR) is 80.6 cm³/mol. The van der Waals surface area contributed by atoms with E-state index in [0.717, 1.165) is 16.5 Å². The number of carbonyl (C=O) groups is 1. The number of ether oxygens (including phenoxy) is 1. The Balaban J connectivity index is 1.97. The van der Waals surface area contributed by atoms with Crippen molar-refractivity contribution in [3.8, 4) is 5.75 Å². The van der Waals surface area contributed by atoms with Crippen molar-refractivity contribution in [1.29, 1.82) is 0 Å².